The molecule has 0 aromatic heterocycles. The lowest BCUT2D eigenvalue weighted by atomic mass is 10.2. The summed E-state index contributed by atoms with van der Waals surface area (Å²) in [4.78, 5) is -0.133. The summed E-state index contributed by atoms with van der Waals surface area (Å²) in [6.07, 6.45) is -3.09. The van der Waals surface area contributed by atoms with Crippen LogP contribution in [0.1, 0.15) is 18.4 Å². The number of nitrogens with two attached hydrogens (primary N) is 1. The molecule has 1 aliphatic heterocycles. The normalized spacial score (nSPS) is 21.3. The van der Waals surface area contributed by atoms with Crippen molar-refractivity contribution < 1.29 is 21.6 Å². The van der Waals surface area contributed by atoms with Crippen LogP contribution in [0, 0.1) is 0 Å². The van der Waals surface area contributed by atoms with E-state index < -0.39 is 21.8 Å². The van der Waals surface area contributed by atoms with Gasteiger partial charge in [-0.25, -0.2) is 8.42 Å². The van der Waals surface area contributed by atoms with Gasteiger partial charge in [0.15, 0.2) is 0 Å². The lowest BCUT2D eigenvalue weighted by Gasteiger charge is -2.23. The minimum absolute atomic E-state index is 0.133. The second-order valence-electron chi connectivity index (χ2n) is 4.67. The Labute approximate surface area is 115 Å². The van der Waals surface area contributed by atoms with Gasteiger partial charge in [-0.1, -0.05) is 0 Å². The van der Waals surface area contributed by atoms with Crippen LogP contribution in [-0.4, -0.2) is 31.9 Å². The molecule has 1 saturated heterocycles. The molecule has 0 bridgehead atoms. The lowest BCUT2D eigenvalue weighted by molar-refractivity contribution is -0.137. The van der Waals surface area contributed by atoms with Crippen molar-refractivity contribution >= 4 is 10.0 Å². The molecular weight excluding hydrogens is 293 g/mol. The van der Waals surface area contributed by atoms with Gasteiger partial charge in [-0.05, 0) is 37.1 Å². The van der Waals surface area contributed by atoms with E-state index in [1.807, 2.05) is 0 Å². The average Bonchev–Trinajstić information content (AvgIpc) is 2.87. The molecule has 1 fully saturated rings. The zero-order chi connectivity index (χ0) is 15.0. The predicted molar refractivity (Wildman–Crippen MR) is 67.4 cm³/mol. The van der Waals surface area contributed by atoms with E-state index in [0.29, 0.717) is 19.4 Å². The number of alkyl halides is 3. The molecule has 20 heavy (non-hydrogen) atoms. The molecule has 8 heteroatoms. The van der Waals surface area contributed by atoms with Crippen LogP contribution in [0.4, 0.5) is 13.2 Å². The monoisotopic (exact) mass is 308 g/mol. The number of sulfonamides is 1. The summed E-state index contributed by atoms with van der Waals surface area (Å²) in [6.45, 7) is 0.561. The Morgan fingerprint density at radius 3 is 2.35 bits per heavy atom. The van der Waals surface area contributed by atoms with E-state index >= 15 is 0 Å². The molecule has 1 heterocycles. The number of nitrogens with zero attached hydrogens (tertiary/aromatic N) is 1. The SMILES string of the molecule is NCC1CCCN1S(=O)(=O)c1ccc(C(F)(F)F)cc1. The van der Waals surface area contributed by atoms with Gasteiger partial charge in [-0.3, -0.25) is 0 Å². The first-order valence-corrected chi connectivity index (χ1v) is 7.60. The van der Waals surface area contributed by atoms with Gasteiger partial charge in [0.2, 0.25) is 10.0 Å². The number of hydrogen-bond donors (Lipinski definition) is 1. The quantitative estimate of drug-likeness (QED) is 0.926. The van der Waals surface area contributed by atoms with Crippen LogP contribution < -0.4 is 5.73 Å². The van der Waals surface area contributed by atoms with Gasteiger partial charge in [-0.15, -0.1) is 0 Å². The van der Waals surface area contributed by atoms with E-state index in [9.17, 15) is 21.6 Å². The van der Waals surface area contributed by atoms with Gasteiger partial charge in [0.1, 0.15) is 0 Å². The van der Waals surface area contributed by atoms with Crippen molar-refractivity contribution in [3.63, 3.8) is 0 Å². The highest BCUT2D eigenvalue weighted by atomic mass is 32.2. The van der Waals surface area contributed by atoms with Crippen molar-refractivity contribution in [2.24, 2.45) is 5.73 Å². The van der Waals surface area contributed by atoms with E-state index in [0.717, 1.165) is 24.3 Å². The largest absolute Gasteiger partial charge is 0.416 e. The molecule has 2 N–H and O–H groups in total. The first-order valence-electron chi connectivity index (χ1n) is 6.16. The molecule has 0 radical (unpaired) electrons. The van der Waals surface area contributed by atoms with Gasteiger partial charge < -0.3 is 5.73 Å². The molecule has 1 unspecified atom stereocenters. The highest BCUT2D eigenvalue weighted by molar-refractivity contribution is 7.89. The van der Waals surface area contributed by atoms with E-state index in [1.165, 1.54) is 4.31 Å². The van der Waals surface area contributed by atoms with Gasteiger partial charge in [0.25, 0.3) is 0 Å². The molecule has 1 aromatic carbocycles. The maximum absolute atomic E-state index is 12.5. The molecule has 1 atom stereocenters. The maximum atomic E-state index is 12.5. The molecule has 0 saturated carbocycles. The molecule has 0 spiro atoms. The molecule has 112 valence electrons. The zero-order valence-corrected chi connectivity index (χ0v) is 11.4. The minimum atomic E-state index is -4.48. The Kier molecular flexibility index (Phi) is 4.08. The van der Waals surface area contributed by atoms with Crippen LogP contribution in [0.5, 0.6) is 0 Å². The number of benzene rings is 1. The first-order chi connectivity index (χ1) is 9.26. The fourth-order valence-corrected chi connectivity index (χ4v) is 4.02. The summed E-state index contributed by atoms with van der Waals surface area (Å²) in [5.41, 5.74) is 4.66. The van der Waals surface area contributed by atoms with Crippen LogP contribution >= 0.6 is 0 Å². The van der Waals surface area contributed by atoms with Crippen LogP contribution in [0.25, 0.3) is 0 Å². The topological polar surface area (TPSA) is 63.4 Å². The smallest absolute Gasteiger partial charge is 0.329 e. The van der Waals surface area contributed by atoms with E-state index in [2.05, 4.69) is 0 Å². The lowest BCUT2D eigenvalue weighted by Crippen LogP contribution is -2.39. The summed E-state index contributed by atoms with van der Waals surface area (Å²) in [5.74, 6) is 0. The minimum Gasteiger partial charge on any atom is -0.329 e. The third-order valence-corrected chi connectivity index (χ3v) is 5.35. The fourth-order valence-electron chi connectivity index (χ4n) is 2.31. The van der Waals surface area contributed by atoms with Crippen molar-refractivity contribution in [3.8, 4) is 0 Å². The van der Waals surface area contributed by atoms with E-state index in [-0.39, 0.29) is 17.5 Å². The fraction of sp³-hybridized carbons (Fsp3) is 0.500. The third-order valence-electron chi connectivity index (χ3n) is 3.38. The summed E-state index contributed by atoms with van der Waals surface area (Å²) in [7, 11) is -3.78. The van der Waals surface area contributed by atoms with Crippen LogP contribution in [0.3, 0.4) is 0 Å². The second-order valence-corrected chi connectivity index (χ2v) is 6.56. The molecule has 0 amide bonds. The summed E-state index contributed by atoms with van der Waals surface area (Å²) in [5, 5.41) is 0. The first kappa shape index (κ1) is 15.3. The standard InChI is InChI=1S/C12H15F3N2O2S/c13-12(14,15)9-3-5-11(6-4-9)20(18,19)17-7-1-2-10(17)8-16/h3-6,10H,1-2,7-8,16H2. The van der Waals surface area contributed by atoms with Crippen molar-refractivity contribution in [1.29, 1.82) is 0 Å². The molecular formula is C12H15F3N2O2S. The van der Waals surface area contributed by atoms with Gasteiger partial charge in [0.05, 0.1) is 10.5 Å². The predicted octanol–water partition coefficient (Wildman–Crippen LogP) is 1.82. The van der Waals surface area contributed by atoms with Gasteiger partial charge in [-0.2, -0.15) is 17.5 Å². The Hall–Kier alpha value is -1.12. The zero-order valence-electron chi connectivity index (χ0n) is 10.6. The Balaban J connectivity index is 2.31. The van der Waals surface area contributed by atoms with E-state index in [4.69, 9.17) is 5.73 Å². The van der Waals surface area contributed by atoms with Crippen LogP contribution in [0.2, 0.25) is 0 Å². The second kappa shape index (κ2) is 5.34. The molecule has 1 aromatic rings. The van der Waals surface area contributed by atoms with Crippen LogP contribution in [-0.2, 0) is 16.2 Å². The molecule has 2 rings (SSSR count). The van der Waals surface area contributed by atoms with Crippen molar-refractivity contribution in [2.75, 3.05) is 13.1 Å². The van der Waals surface area contributed by atoms with Crippen molar-refractivity contribution in [2.45, 2.75) is 30.0 Å². The average molecular weight is 308 g/mol. The third kappa shape index (κ3) is 2.82. The van der Waals surface area contributed by atoms with Crippen LogP contribution in [0.15, 0.2) is 29.2 Å². The maximum Gasteiger partial charge on any atom is 0.416 e. The Morgan fingerprint density at radius 2 is 1.85 bits per heavy atom. The Bertz CT molecular complexity index is 569. The van der Waals surface area contributed by atoms with Crippen molar-refractivity contribution in [1.82, 2.24) is 4.31 Å². The summed E-state index contributed by atoms with van der Waals surface area (Å²) >= 11 is 0. The van der Waals surface area contributed by atoms with E-state index in [1.54, 1.807) is 0 Å². The Morgan fingerprint density at radius 1 is 1.25 bits per heavy atom. The molecule has 1 aliphatic rings. The highest BCUT2D eigenvalue weighted by Gasteiger charge is 2.35. The molecule has 4 nitrogen and oxygen atoms in total. The van der Waals surface area contributed by atoms with Crippen molar-refractivity contribution in [3.05, 3.63) is 29.8 Å². The van der Waals surface area contributed by atoms with Gasteiger partial charge in [0, 0.05) is 19.1 Å². The highest BCUT2D eigenvalue weighted by Crippen LogP contribution is 2.31. The number of halogens is 3. The number of hydrogen-bond acceptors (Lipinski definition) is 3. The number of rotatable bonds is 3. The summed E-state index contributed by atoms with van der Waals surface area (Å²) < 4.78 is 63.4. The molecule has 0 aliphatic carbocycles. The summed E-state index contributed by atoms with van der Waals surface area (Å²) in [6, 6.07) is 3.26. The van der Waals surface area contributed by atoms with Gasteiger partial charge >= 0.3 is 6.18 Å².